The first-order chi connectivity index (χ1) is 6.59. The minimum Gasteiger partial charge on any atom is -0.399 e. The molecule has 0 saturated heterocycles. The second-order valence-corrected chi connectivity index (χ2v) is 2.99. The molecule has 0 radical (unpaired) electrons. The van der Waals surface area contributed by atoms with E-state index in [1.54, 1.807) is 12.1 Å². The van der Waals surface area contributed by atoms with Gasteiger partial charge in [-0.3, -0.25) is 4.79 Å². The molecule has 14 heavy (non-hydrogen) atoms. The number of anilines is 1. The monoisotopic (exact) mass is 191 g/mol. The highest BCUT2D eigenvalue weighted by molar-refractivity contribution is 5.99. The van der Waals surface area contributed by atoms with Crippen LogP contribution < -0.4 is 11.2 Å². The van der Waals surface area contributed by atoms with Gasteiger partial charge < -0.3 is 5.73 Å². The number of benzene rings is 1. The molecule has 0 aliphatic heterocycles. The third-order valence-corrected chi connectivity index (χ3v) is 1.71. The molecule has 0 fully saturated rings. The molecule has 1 amide bonds. The third kappa shape index (κ3) is 2.90. The maximum Gasteiger partial charge on any atom is 0.236 e. The highest BCUT2D eigenvalue weighted by atomic mass is 16.2. The van der Waals surface area contributed by atoms with Crippen LogP contribution in [-0.4, -0.2) is 11.6 Å². The molecule has 0 spiro atoms. The molecule has 4 heteroatoms. The minimum atomic E-state index is -0.181. The number of hydrogen-bond donors (Lipinski definition) is 2. The lowest BCUT2D eigenvalue weighted by atomic mass is 10.1. The Morgan fingerprint density at radius 3 is 2.36 bits per heavy atom. The molecule has 1 aromatic carbocycles. The zero-order valence-corrected chi connectivity index (χ0v) is 8.24. The lowest BCUT2D eigenvalue weighted by Crippen LogP contribution is -2.14. The maximum atomic E-state index is 10.6. The minimum absolute atomic E-state index is 0.181. The number of carbonyl (C=O) groups is 1. The third-order valence-electron chi connectivity index (χ3n) is 1.71. The Bertz CT molecular complexity index is 354. The molecule has 0 aromatic heterocycles. The van der Waals surface area contributed by atoms with Crippen LogP contribution in [0.4, 0.5) is 5.69 Å². The summed E-state index contributed by atoms with van der Waals surface area (Å²) in [4.78, 5) is 10.6. The average molecular weight is 191 g/mol. The second-order valence-electron chi connectivity index (χ2n) is 2.99. The van der Waals surface area contributed by atoms with E-state index in [9.17, 15) is 4.79 Å². The van der Waals surface area contributed by atoms with Crippen LogP contribution in [0.15, 0.2) is 29.4 Å². The van der Waals surface area contributed by atoms with Crippen LogP contribution in [0.2, 0.25) is 0 Å². The van der Waals surface area contributed by atoms with Gasteiger partial charge in [-0.05, 0) is 24.6 Å². The smallest absolute Gasteiger partial charge is 0.236 e. The number of nitrogens with zero attached hydrogens (tertiary/aromatic N) is 1. The Kier molecular flexibility index (Phi) is 3.23. The van der Waals surface area contributed by atoms with Crippen molar-refractivity contribution in [2.24, 2.45) is 5.10 Å². The number of hydrogen-bond acceptors (Lipinski definition) is 3. The number of hydrazone groups is 1. The predicted molar refractivity (Wildman–Crippen MR) is 56.9 cm³/mol. The standard InChI is InChI=1S/C10H13N3O/c1-7(12-13-8(2)14)9-3-5-10(11)6-4-9/h3-6H,11H2,1-2H3,(H,13,14)/b12-7+. The largest absolute Gasteiger partial charge is 0.399 e. The predicted octanol–water partition coefficient (Wildman–Crippen LogP) is 1.13. The summed E-state index contributed by atoms with van der Waals surface area (Å²) in [5.41, 5.74) is 10.3. The zero-order valence-electron chi connectivity index (χ0n) is 8.24. The quantitative estimate of drug-likeness (QED) is 0.418. The van der Waals surface area contributed by atoms with Crippen molar-refractivity contribution in [2.45, 2.75) is 13.8 Å². The van der Waals surface area contributed by atoms with Crippen molar-refractivity contribution in [1.82, 2.24) is 5.43 Å². The van der Waals surface area contributed by atoms with Crippen LogP contribution >= 0.6 is 0 Å². The summed E-state index contributed by atoms with van der Waals surface area (Å²) in [6.45, 7) is 3.24. The summed E-state index contributed by atoms with van der Waals surface area (Å²) in [5, 5.41) is 3.90. The summed E-state index contributed by atoms with van der Waals surface area (Å²) < 4.78 is 0. The molecule has 0 aliphatic rings. The number of nitrogen functional groups attached to an aromatic ring is 1. The molecule has 4 nitrogen and oxygen atoms in total. The van der Waals surface area contributed by atoms with Crippen LogP contribution in [0, 0.1) is 0 Å². The first kappa shape index (κ1) is 10.2. The SMILES string of the molecule is CC(=O)N/N=C(\C)c1ccc(N)cc1. The molecule has 0 atom stereocenters. The van der Waals surface area contributed by atoms with Gasteiger partial charge in [0.25, 0.3) is 0 Å². The van der Waals surface area contributed by atoms with E-state index in [0.717, 1.165) is 11.3 Å². The fourth-order valence-electron chi connectivity index (χ4n) is 0.951. The molecular weight excluding hydrogens is 178 g/mol. The average Bonchev–Trinajstić information content (AvgIpc) is 2.15. The van der Waals surface area contributed by atoms with Crippen molar-refractivity contribution in [2.75, 3.05) is 5.73 Å². The van der Waals surface area contributed by atoms with E-state index in [1.807, 2.05) is 19.1 Å². The lowest BCUT2D eigenvalue weighted by molar-refractivity contribution is -0.118. The Labute approximate surface area is 82.8 Å². The van der Waals surface area contributed by atoms with E-state index < -0.39 is 0 Å². The lowest BCUT2D eigenvalue weighted by Gasteiger charge is -2.01. The van der Waals surface area contributed by atoms with Gasteiger partial charge in [0.05, 0.1) is 5.71 Å². The Hall–Kier alpha value is -1.84. The van der Waals surface area contributed by atoms with Gasteiger partial charge in [-0.25, -0.2) is 5.43 Å². The summed E-state index contributed by atoms with van der Waals surface area (Å²) in [6.07, 6.45) is 0. The van der Waals surface area contributed by atoms with Crippen molar-refractivity contribution in [3.63, 3.8) is 0 Å². The summed E-state index contributed by atoms with van der Waals surface area (Å²) >= 11 is 0. The van der Waals surface area contributed by atoms with Crippen molar-refractivity contribution in [3.05, 3.63) is 29.8 Å². The second kappa shape index (κ2) is 4.41. The topological polar surface area (TPSA) is 67.5 Å². The Balaban J connectivity index is 2.78. The van der Waals surface area contributed by atoms with Crippen molar-refractivity contribution >= 4 is 17.3 Å². The molecule has 74 valence electrons. The van der Waals surface area contributed by atoms with Gasteiger partial charge in [0, 0.05) is 12.6 Å². The van der Waals surface area contributed by atoms with Crippen LogP contribution in [0.1, 0.15) is 19.4 Å². The van der Waals surface area contributed by atoms with Crippen LogP contribution in [0.25, 0.3) is 0 Å². The molecular formula is C10H13N3O. The van der Waals surface area contributed by atoms with E-state index in [0.29, 0.717) is 5.69 Å². The number of amides is 1. The first-order valence-corrected chi connectivity index (χ1v) is 4.26. The molecule has 0 saturated carbocycles. The highest BCUT2D eigenvalue weighted by Crippen LogP contribution is 2.06. The molecule has 0 unspecified atom stereocenters. The van der Waals surface area contributed by atoms with Gasteiger partial charge in [0.1, 0.15) is 0 Å². The van der Waals surface area contributed by atoms with Gasteiger partial charge >= 0.3 is 0 Å². The summed E-state index contributed by atoms with van der Waals surface area (Å²) in [5.74, 6) is -0.181. The van der Waals surface area contributed by atoms with Crippen LogP contribution in [0.3, 0.4) is 0 Å². The van der Waals surface area contributed by atoms with Gasteiger partial charge in [-0.2, -0.15) is 5.10 Å². The van der Waals surface area contributed by atoms with E-state index in [1.165, 1.54) is 6.92 Å². The van der Waals surface area contributed by atoms with E-state index in [4.69, 9.17) is 5.73 Å². The molecule has 1 aromatic rings. The van der Waals surface area contributed by atoms with Gasteiger partial charge in [0.2, 0.25) is 5.91 Å². The van der Waals surface area contributed by atoms with E-state index >= 15 is 0 Å². The van der Waals surface area contributed by atoms with Gasteiger partial charge in [0.15, 0.2) is 0 Å². The zero-order chi connectivity index (χ0) is 10.6. The molecule has 0 heterocycles. The van der Waals surface area contributed by atoms with Crippen molar-refractivity contribution in [1.29, 1.82) is 0 Å². The number of carbonyl (C=O) groups excluding carboxylic acids is 1. The number of nitrogens with one attached hydrogen (secondary N) is 1. The fraction of sp³-hybridized carbons (Fsp3) is 0.200. The summed E-state index contributed by atoms with van der Waals surface area (Å²) in [6, 6.07) is 7.30. The van der Waals surface area contributed by atoms with Crippen molar-refractivity contribution in [3.8, 4) is 0 Å². The molecule has 1 rings (SSSR count). The summed E-state index contributed by atoms with van der Waals surface area (Å²) in [7, 11) is 0. The fourth-order valence-corrected chi connectivity index (χ4v) is 0.951. The molecule has 0 bridgehead atoms. The Morgan fingerprint density at radius 1 is 1.29 bits per heavy atom. The maximum absolute atomic E-state index is 10.6. The normalized spacial score (nSPS) is 11.1. The molecule has 0 aliphatic carbocycles. The van der Waals surface area contributed by atoms with Crippen molar-refractivity contribution < 1.29 is 4.79 Å². The van der Waals surface area contributed by atoms with E-state index in [2.05, 4.69) is 10.5 Å². The van der Waals surface area contributed by atoms with Crippen LogP contribution in [0.5, 0.6) is 0 Å². The number of nitrogens with two attached hydrogens (primary N) is 1. The highest BCUT2D eigenvalue weighted by Gasteiger charge is 1.96. The Morgan fingerprint density at radius 2 is 1.86 bits per heavy atom. The van der Waals surface area contributed by atoms with Gasteiger partial charge in [-0.15, -0.1) is 0 Å². The molecule has 3 N–H and O–H groups in total. The van der Waals surface area contributed by atoms with Gasteiger partial charge in [-0.1, -0.05) is 12.1 Å². The van der Waals surface area contributed by atoms with E-state index in [-0.39, 0.29) is 5.91 Å². The van der Waals surface area contributed by atoms with Crippen LogP contribution in [-0.2, 0) is 4.79 Å². The number of rotatable bonds is 2. The first-order valence-electron chi connectivity index (χ1n) is 4.26.